The van der Waals surface area contributed by atoms with E-state index in [1.54, 1.807) is 0 Å². The third-order valence-electron chi connectivity index (χ3n) is 4.49. The van der Waals surface area contributed by atoms with Crippen molar-refractivity contribution in [3.63, 3.8) is 0 Å². The Morgan fingerprint density at radius 1 is 1.00 bits per heavy atom. The summed E-state index contributed by atoms with van der Waals surface area (Å²) in [4.78, 5) is 2.54. The van der Waals surface area contributed by atoms with Gasteiger partial charge in [-0.2, -0.15) is 0 Å². The van der Waals surface area contributed by atoms with Gasteiger partial charge in [-0.1, -0.05) is 42.5 Å². The summed E-state index contributed by atoms with van der Waals surface area (Å²) in [5.74, 6) is 1.04. The Hall–Kier alpha value is -1.84. The van der Waals surface area contributed by atoms with Crippen molar-refractivity contribution in [2.75, 3.05) is 19.7 Å². The first kappa shape index (κ1) is 12.9. The molecule has 0 spiro atoms. The van der Waals surface area contributed by atoms with Crippen LogP contribution >= 0.6 is 0 Å². The highest BCUT2D eigenvalue weighted by molar-refractivity contribution is 5.36. The van der Waals surface area contributed by atoms with E-state index < -0.39 is 0 Å². The minimum atomic E-state index is 0.435. The van der Waals surface area contributed by atoms with E-state index in [0.717, 1.165) is 38.5 Å². The van der Waals surface area contributed by atoms with Gasteiger partial charge in [-0.15, -0.1) is 0 Å². The number of hydrogen-bond acceptors (Lipinski definition) is 3. The molecule has 21 heavy (non-hydrogen) atoms. The van der Waals surface area contributed by atoms with Gasteiger partial charge in [0.15, 0.2) is 0 Å². The predicted molar refractivity (Wildman–Crippen MR) is 83.2 cm³/mol. The van der Waals surface area contributed by atoms with Crippen LogP contribution in [0.2, 0.25) is 0 Å². The highest BCUT2D eigenvalue weighted by Gasteiger charge is 2.27. The third kappa shape index (κ3) is 2.43. The van der Waals surface area contributed by atoms with Crippen molar-refractivity contribution in [1.29, 1.82) is 0 Å². The zero-order valence-electron chi connectivity index (χ0n) is 12.1. The van der Waals surface area contributed by atoms with Gasteiger partial charge in [-0.25, -0.2) is 0 Å². The molecule has 1 N–H and O–H groups in total. The Bertz CT molecular complexity index is 641. The molecule has 2 heterocycles. The Kier molecular flexibility index (Phi) is 3.37. The molecule has 2 aliphatic rings. The van der Waals surface area contributed by atoms with Gasteiger partial charge in [0.1, 0.15) is 12.4 Å². The lowest BCUT2D eigenvalue weighted by Crippen LogP contribution is -2.40. The van der Waals surface area contributed by atoms with Crippen LogP contribution in [0.3, 0.4) is 0 Å². The fourth-order valence-corrected chi connectivity index (χ4v) is 3.41. The number of ether oxygens (including phenoxy) is 1. The first-order valence-electron chi connectivity index (χ1n) is 7.65. The van der Waals surface area contributed by atoms with Crippen molar-refractivity contribution < 1.29 is 4.74 Å². The number of benzene rings is 2. The molecule has 0 aromatic heterocycles. The Balaban J connectivity index is 1.66. The minimum absolute atomic E-state index is 0.435. The van der Waals surface area contributed by atoms with E-state index in [-0.39, 0.29) is 0 Å². The summed E-state index contributed by atoms with van der Waals surface area (Å²) < 4.78 is 5.90. The van der Waals surface area contributed by atoms with E-state index in [0.29, 0.717) is 6.04 Å². The lowest BCUT2D eigenvalue weighted by Gasteiger charge is -2.35. The lowest BCUT2D eigenvalue weighted by molar-refractivity contribution is 0.160. The van der Waals surface area contributed by atoms with Crippen LogP contribution < -0.4 is 10.1 Å². The van der Waals surface area contributed by atoms with Crippen molar-refractivity contribution in [2.45, 2.75) is 19.1 Å². The Morgan fingerprint density at radius 2 is 1.81 bits per heavy atom. The predicted octanol–water partition coefficient (Wildman–Crippen LogP) is 2.73. The van der Waals surface area contributed by atoms with Crippen LogP contribution in [0, 0.1) is 0 Å². The molecule has 4 rings (SSSR count). The smallest absolute Gasteiger partial charge is 0.123 e. The summed E-state index contributed by atoms with van der Waals surface area (Å²) in [6.45, 7) is 4.68. The molecule has 0 saturated carbocycles. The Labute approximate surface area is 125 Å². The fraction of sp³-hybridized carbons (Fsp3) is 0.333. The maximum absolute atomic E-state index is 5.90. The second-order valence-electron chi connectivity index (χ2n) is 5.77. The van der Waals surface area contributed by atoms with Gasteiger partial charge in [0.25, 0.3) is 0 Å². The van der Waals surface area contributed by atoms with Gasteiger partial charge < -0.3 is 10.1 Å². The molecule has 3 nitrogen and oxygen atoms in total. The number of hydrogen-bond donors (Lipinski definition) is 1. The number of nitrogens with zero attached hydrogens (tertiary/aromatic N) is 1. The first-order chi connectivity index (χ1) is 10.4. The SMILES string of the molecule is c1ccc2c(c1)CN(C1CNCc3ccccc31)CCO2. The van der Waals surface area contributed by atoms with Crippen LogP contribution in [0.4, 0.5) is 0 Å². The molecule has 0 fully saturated rings. The molecule has 108 valence electrons. The van der Waals surface area contributed by atoms with E-state index in [4.69, 9.17) is 4.74 Å². The normalized spacial score (nSPS) is 21.8. The maximum Gasteiger partial charge on any atom is 0.123 e. The molecule has 2 aromatic rings. The van der Waals surface area contributed by atoms with Crippen LogP contribution in [0.25, 0.3) is 0 Å². The maximum atomic E-state index is 5.90. The number of rotatable bonds is 1. The van der Waals surface area contributed by atoms with Gasteiger partial charge >= 0.3 is 0 Å². The summed E-state index contributed by atoms with van der Waals surface area (Å²) in [6, 6.07) is 17.6. The van der Waals surface area contributed by atoms with Gasteiger partial charge in [-0.3, -0.25) is 4.90 Å². The van der Waals surface area contributed by atoms with Crippen LogP contribution in [-0.2, 0) is 13.1 Å². The molecule has 0 amide bonds. The molecule has 0 saturated heterocycles. The average Bonchev–Trinajstić information content (AvgIpc) is 2.76. The van der Waals surface area contributed by atoms with Crippen molar-refractivity contribution in [2.24, 2.45) is 0 Å². The fourth-order valence-electron chi connectivity index (χ4n) is 3.41. The summed E-state index contributed by atoms with van der Waals surface area (Å²) in [7, 11) is 0. The minimum Gasteiger partial charge on any atom is -0.492 e. The number of nitrogens with one attached hydrogen (secondary N) is 1. The van der Waals surface area contributed by atoms with E-state index in [1.165, 1.54) is 16.7 Å². The van der Waals surface area contributed by atoms with E-state index >= 15 is 0 Å². The summed E-state index contributed by atoms with van der Waals surface area (Å²) in [5, 5.41) is 3.55. The Morgan fingerprint density at radius 3 is 2.76 bits per heavy atom. The largest absolute Gasteiger partial charge is 0.492 e. The van der Waals surface area contributed by atoms with Gasteiger partial charge in [0.2, 0.25) is 0 Å². The van der Waals surface area contributed by atoms with Crippen LogP contribution in [0.15, 0.2) is 48.5 Å². The third-order valence-corrected chi connectivity index (χ3v) is 4.49. The van der Waals surface area contributed by atoms with Crippen LogP contribution in [0.5, 0.6) is 5.75 Å². The molecule has 1 atom stereocenters. The summed E-state index contributed by atoms with van der Waals surface area (Å²) in [6.07, 6.45) is 0. The highest BCUT2D eigenvalue weighted by Crippen LogP contribution is 2.31. The molecule has 0 radical (unpaired) electrons. The molecule has 0 bridgehead atoms. The molecular weight excluding hydrogens is 260 g/mol. The lowest BCUT2D eigenvalue weighted by atomic mass is 9.95. The summed E-state index contributed by atoms with van der Waals surface area (Å²) >= 11 is 0. The molecule has 2 aromatic carbocycles. The highest BCUT2D eigenvalue weighted by atomic mass is 16.5. The van der Waals surface area contributed by atoms with Crippen molar-refractivity contribution in [3.8, 4) is 5.75 Å². The van der Waals surface area contributed by atoms with Crippen LogP contribution in [-0.4, -0.2) is 24.6 Å². The topological polar surface area (TPSA) is 24.5 Å². The molecule has 1 unspecified atom stereocenters. The van der Waals surface area contributed by atoms with Gasteiger partial charge in [0, 0.05) is 37.8 Å². The zero-order chi connectivity index (χ0) is 14.1. The van der Waals surface area contributed by atoms with E-state index in [1.807, 2.05) is 6.07 Å². The van der Waals surface area contributed by atoms with Crippen LogP contribution in [0.1, 0.15) is 22.7 Å². The second-order valence-corrected chi connectivity index (χ2v) is 5.77. The van der Waals surface area contributed by atoms with E-state index in [9.17, 15) is 0 Å². The zero-order valence-corrected chi connectivity index (χ0v) is 12.1. The monoisotopic (exact) mass is 280 g/mol. The van der Waals surface area contributed by atoms with Gasteiger partial charge in [-0.05, 0) is 17.2 Å². The molecular formula is C18H20N2O. The van der Waals surface area contributed by atoms with E-state index in [2.05, 4.69) is 52.7 Å². The quantitative estimate of drug-likeness (QED) is 0.869. The van der Waals surface area contributed by atoms with Gasteiger partial charge in [0.05, 0.1) is 0 Å². The van der Waals surface area contributed by atoms with Crippen molar-refractivity contribution >= 4 is 0 Å². The van der Waals surface area contributed by atoms with Crippen molar-refractivity contribution in [3.05, 3.63) is 65.2 Å². The molecule has 3 heteroatoms. The molecule has 0 aliphatic carbocycles. The summed E-state index contributed by atoms with van der Waals surface area (Å²) in [5.41, 5.74) is 4.18. The second kappa shape index (κ2) is 5.51. The molecule has 2 aliphatic heterocycles. The number of para-hydroxylation sites is 1. The standard InChI is InChI=1S/C18H20N2O/c1-3-7-16-14(5-1)11-19-12-17(16)20-9-10-21-18-8-4-2-6-15(18)13-20/h1-8,17,19H,9-13H2. The van der Waals surface area contributed by atoms with Crippen molar-refractivity contribution in [1.82, 2.24) is 10.2 Å². The number of fused-ring (bicyclic) bond motifs is 2. The first-order valence-corrected chi connectivity index (χ1v) is 7.65. The average molecular weight is 280 g/mol.